The number of carbonyl (C=O) groups excluding carboxylic acids is 1. The van der Waals surface area contributed by atoms with E-state index in [1.807, 2.05) is 31.2 Å². The van der Waals surface area contributed by atoms with Crippen LogP contribution in [0.5, 0.6) is 5.75 Å². The lowest BCUT2D eigenvalue weighted by Crippen LogP contribution is -2.29. The molecule has 1 aliphatic carbocycles. The first kappa shape index (κ1) is 25.0. The van der Waals surface area contributed by atoms with Crippen molar-refractivity contribution in [2.24, 2.45) is 0 Å². The van der Waals surface area contributed by atoms with Gasteiger partial charge in [-0.1, -0.05) is 74.0 Å². The number of hydrogen-bond acceptors (Lipinski definition) is 4. The van der Waals surface area contributed by atoms with E-state index in [1.165, 1.54) is 22.3 Å². The maximum atomic E-state index is 12.3. The molecule has 0 heterocycles. The second-order valence-corrected chi connectivity index (χ2v) is 9.03. The van der Waals surface area contributed by atoms with Crippen LogP contribution in [0.1, 0.15) is 62.1 Å². The molecule has 1 aliphatic rings. The van der Waals surface area contributed by atoms with E-state index in [-0.39, 0.29) is 5.97 Å². The Balaban J connectivity index is 1.28. The molecule has 0 saturated carbocycles. The molecule has 3 aromatic rings. The molecular formula is C31H36O4. The third-order valence-electron chi connectivity index (χ3n) is 6.58. The number of fused-ring (bicyclic) bond motifs is 3. The molecule has 184 valence electrons. The van der Waals surface area contributed by atoms with Crippen LogP contribution >= 0.6 is 0 Å². The van der Waals surface area contributed by atoms with Crippen molar-refractivity contribution in [2.75, 3.05) is 19.8 Å². The van der Waals surface area contributed by atoms with Crippen molar-refractivity contribution >= 4 is 5.97 Å². The fourth-order valence-electron chi connectivity index (χ4n) is 4.80. The largest absolute Gasteiger partial charge is 0.494 e. The summed E-state index contributed by atoms with van der Waals surface area (Å²) < 4.78 is 17.0. The Kier molecular flexibility index (Phi) is 8.96. The highest BCUT2D eigenvalue weighted by molar-refractivity contribution is 5.78. The first-order valence-electron chi connectivity index (χ1n) is 12.9. The van der Waals surface area contributed by atoms with Crippen LogP contribution in [-0.4, -0.2) is 31.9 Å². The Bertz CT molecular complexity index is 1040. The summed E-state index contributed by atoms with van der Waals surface area (Å²) in [5.74, 6) is 0.987. The lowest BCUT2D eigenvalue weighted by atomic mass is 9.92. The van der Waals surface area contributed by atoms with Gasteiger partial charge in [0, 0.05) is 18.9 Å². The first-order valence-corrected chi connectivity index (χ1v) is 12.9. The molecule has 0 saturated heterocycles. The number of benzene rings is 3. The van der Waals surface area contributed by atoms with Crippen LogP contribution in [0, 0.1) is 0 Å². The topological polar surface area (TPSA) is 44.8 Å². The molecule has 0 amide bonds. The number of unbranched alkanes of at least 4 members (excludes halogenated alkanes) is 1. The fourth-order valence-corrected chi connectivity index (χ4v) is 4.80. The lowest BCUT2D eigenvalue weighted by Gasteiger charge is -2.17. The highest BCUT2D eigenvalue weighted by atomic mass is 16.6. The van der Waals surface area contributed by atoms with Gasteiger partial charge in [-0.25, -0.2) is 4.79 Å². The van der Waals surface area contributed by atoms with E-state index in [9.17, 15) is 4.79 Å². The molecule has 0 bridgehead atoms. The van der Waals surface area contributed by atoms with Crippen LogP contribution in [0.3, 0.4) is 0 Å². The van der Waals surface area contributed by atoms with E-state index in [0.29, 0.717) is 32.2 Å². The molecule has 35 heavy (non-hydrogen) atoms. The summed E-state index contributed by atoms with van der Waals surface area (Å²) >= 11 is 0. The molecule has 1 unspecified atom stereocenters. The molecule has 4 heteroatoms. The number of hydrogen-bond donors (Lipinski definition) is 0. The summed E-state index contributed by atoms with van der Waals surface area (Å²) in [6.07, 6.45) is 3.93. The molecule has 0 aromatic heterocycles. The Morgan fingerprint density at radius 1 is 0.829 bits per heavy atom. The zero-order valence-corrected chi connectivity index (χ0v) is 20.9. The summed E-state index contributed by atoms with van der Waals surface area (Å²) in [4.78, 5) is 12.3. The average molecular weight is 473 g/mol. The molecule has 0 spiro atoms. The molecule has 0 radical (unpaired) electrons. The van der Waals surface area contributed by atoms with E-state index in [4.69, 9.17) is 14.2 Å². The fraction of sp³-hybridized carbons (Fsp3) is 0.387. The van der Waals surface area contributed by atoms with Crippen LogP contribution in [0.2, 0.25) is 0 Å². The second-order valence-electron chi connectivity index (χ2n) is 9.03. The monoisotopic (exact) mass is 472 g/mol. The van der Waals surface area contributed by atoms with Crippen LogP contribution in [0.4, 0.5) is 0 Å². The zero-order valence-electron chi connectivity index (χ0n) is 20.9. The molecular weight excluding hydrogens is 436 g/mol. The summed E-state index contributed by atoms with van der Waals surface area (Å²) in [6.45, 7) is 5.52. The summed E-state index contributed by atoms with van der Waals surface area (Å²) in [5, 5.41) is 0. The van der Waals surface area contributed by atoms with Gasteiger partial charge in [-0.3, -0.25) is 0 Å². The average Bonchev–Trinajstić information content (AvgIpc) is 3.21. The Morgan fingerprint density at radius 3 is 2.11 bits per heavy atom. The Labute approximate surface area is 209 Å². The van der Waals surface area contributed by atoms with Crippen molar-refractivity contribution in [2.45, 2.75) is 58.0 Å². The van der Waals surface area contributed by atoms with Gasteiger partial charge in [0.2, 0.25) is 0 Å². The highest BCUT2D eigenvalue weighted by Crippen LogP contribution is 2.46. The van der Waals surface area contributed by atoms with Gasteiger partial charge in [0.1, 0.15) is 5.75 Å². The molecule has 4 rings (SSSR count). The third kappa shape index (κ3) is 6.32. The van der Waals surface area contributed by atoms with Crippen LogP contribution in [-0.2, 0) is 20.7 Å². The van der Waals surface area contributed by atoms with Crippen molar-refractivity contribution in [3.8, 4) is 16.9 Å². The van der Waals surface area contributed by atoms with Crippen LogP contribution in [0.25, 0.3) is 11.1 Å². The Hall–Kier alpha value is -3.11. The molecule has 0 aliphatic heterocycles. The smallest absolute Gasteiger partial charge is 0.335 e. The van der Waals surface area contributed by atoms with Crippen LogP contribution in [0.15, 0.2) is 72.8 Å². The van der Waals surface area contributed by atoms with Gasteiger partial charge in [-0.05, 0) is 66.1 Å². The summed E-state index contributed by atoms with van der Waals surface area (Å²) in [7, 11) is 0. The number of esters is 1. The van der Waals surface area contributed by atoms with Gasteiger partial charge in [0.05, 0.1) is 13.2 Å². The van der Waals surface area contributed by atoms with E-state index in [0.717, 1.165) is 37.0 Å². The van der Waals surface area contributed by atoms with E-state index in [2.05, 4.69) is 55.5 Å². The van der Waals surface area contributed by atoms with Gasteiger partial charge in [-0.2, -0.15) is 0 Å². The maximum Gasteiger partial charge on any atom is 0.335 e. The predicted molar refractivity (Wildman–Crippen MR) is 140 cm³/mol. The van der Waals surface area contributed by atoms with E-state index >= 15 is 0 Å². The highest BCUT2D eigenvalue weighted by Gasteiger charge is 2.27. The molecule has 1 atom stereocenters. The van der Waals surface area contributed by atoms with E-state index in [1.54, 1.807) is 0 Å². The maximum absolute atomic E-state index is 12.3. The minimum absolute atomic E-state index is 0.293. The molecule has 4 nitrogen and oxygen atoms in total. The second kappa shape index (κ2) is 12.6. The quantitative estimate of drug-likeness (QED) is 0.199. The van der Waals surface area contributed by atoms with Crippen molar-refractivity contribution in [1.29, 1.82) is 0 Å². The molecule has 3 aromatic carbocycles. The van der Waals surface area contributed by atoms with Gasteiger partial charge in [-0.15, -0.1) is 0 Å². The van der Waals surface area contributed by atoms with E-state index < -0.39 is 6.10 Å². The lowest BCUT2D eigenvalue weighted by molar-refractivity contribution is -0.156. The van der Waals surface area contributed by atoms with Crippen molar-refractivity contribution in [1.82, 2.24) is 0 Å². The number of ether oxygens (including phenoxy) is 3. The van der Waals surface area contributed by atoms with Crippen molar-refractivity contribution in [3.05, 3.63) is 89.5 Å². The number of rotatable bonds is 13. The zero-order chi connectivity index (χ0) is 24.5. The summed E-state index contributed by atoms with van der Waals surface area (Å²) in [5.41, 5.74) is 6.62. The third-order valence-corrected chi connectivity index (χ3v) is 6.58. The van der Waals surface area contributed by atoms with Gasteiger partial charge >= 0.3 is 5.97 Å². The van der Waals surface area contributed by atoms with Gasteiger partial charge in [0.15, 0.2) is 6.10 Å². The number of carbonyl (C=O) groups is 1. The van der Waals surface area contributed by atoms with Gasteiger partial charge in [0.25, 0.3) is 0 Å². The van der Waals surface area contributed by atoms with Crippen molar-refractivity contribution < 1.29 is 19.0 Å². The first-order chi connectivity index (χ1) is 17.2. The standard InChI is InChI=1S/C31H36O4/c1-3-5-20-35-30(31(32)33-4-2)22-23-16-18-24(19-17-23)34-21-10-15-29-27-13-8-6-11-25(27)26-12-7-9-14-28(26)29/h6-9,11-14,16-19,29-30H,3-5,10,15,20-22H2,1-2H3. The summed E-state index contributed by atoms with van der Waals surface area (Å²) in [6, 6.07) is 25.5. The molecule has 0 N–H and O–H groups in total. The van der Waals surface area contributed by atoms with Crippen molar-refractivity contribution in [3.63, 3.8) is 0 Å². The van der Waals surface area contributed by atoms with Gasteiger partial charge < -0.3 is 14.2 Å². The normalized spacial score (nSPS) is 13.2. The minimum Gasteiger partial charge on any atom is -0.494 e. The minimum atomic E-state index is -0.564. The predicted octanol–water partition coefficient (Wildman–Crippen LogP) is 6.95. The Morgan fingerprint density at radius 2 is 1.49 bits per heavy atom. The molecule has 0 fully saturated rings. The van der Waals surface area contributed by atoms with Crippen LogP contribution < -0.4 is 4.74 Å². The SMILES string of the molecule is CCCCOC(Cc1ccc(OCCCC2c3ccccc3-c3ccccc32)cc1)C(=O)OCC.